The largest absolute Gasteiger partial charge is 0.416 e. The van der Waals surface area contributed by atoms with Crippen LogP contribution in [0.1, 0.15) is 16.8 Å². The maximum atomic E-state index is 12.9. The Morgan fingerprint density at radius 3 is 1.93 bits per heavy atom. The molecule has 7 nitrogen and oxygen atoms in total. The number of nitro groups is 1. The van der Waals surface area contributed by atoms with E-state index in [1.54, 1.807) is 0 Å². The molecule has 0 saturated carbocycles. The average Bonchev–Trinajstić information content (AvgIpc) is 2.54. The Labute approximate surface area is 152 Å². The van der Waals surface area contributed by atoms with E-state index in [1.165, 1.54) is 6.92 Å². The molecule has 2 aromatic rings. The Balaban J connectivity index is 2.62. The van der Waals surface area contributed by atoms with Crippen LogP contribution in [0.5, 0.6) is 5.75 Å². The van der Waals surface area contributed by atoms with Crippen LogP contribution in [-0.2, 0) is 22.5 Å². The van der Waals surface area contributed by atoms with E-state index >= 15 is 0 Å². The number of halogens is 6. The molecule has 0 unspecified atom stereocenters. The molecule has 0 radical (unpaired) electrons. The molecule has 0 atom stereocenters. The summed E-state index contributed by atoms with van der Waals surface area (Å²) in [7, 11) is -5.29. The maximum Gasteiger partial charge on any atom is 0.416 e. The van der Waals surface area contributed by atoms with E-state index in [1.807, 2.05) is 0 Å². The minimum Gasteiger partial charge on any atom is -0.370 e. The van der Waals surface area contributed by atoms with Crippen LogP contribution in [0.2, 0.25) is 0 Å². The second-order valence-corrected chi connectivity index (χ2v) is 6.86. The number of pyridine rings is 1. The van der Waals surface area contributed by atoms with E-state index in [0.29, 0.717) is 0 Å². The molecule has 152 valence electrons. The number of benzene rings is 1. The van der Waals surface area contributed by atoms with Gasteiger partial charge in [0.25, 0.3) is 0 Å². The molecule has 0 amide bonds. The van der Waals surface area contributed by atoms with Gasteiger partial charge in [-0.3, -0.25) is 0 Å². The summed E-state index contributed by atoms with van der Waals surface area (Å²) < 4.78 is 106. The molecule has 0 spiro atoms. The number of nitrogens with zero attached hydrogens (tertiary/aromatic N) is 2. The smallest absolute Gasteiger partial charge is 0.370 e. The van der Waals surface area contributed by atoms with Crippen LogP contribution in [0.25, 0.3) is 0 Å². The molecule has 1 heterocycles. The van der Waals surface area contributed by atoms with Crippen molar-refractivity contribution < 1.29 is 43.9 Å². The van der Waals surface area contributed by atoms with Gasteiger partial charge in [0.15, 0.2) is 0 Å². The van der Waals surface area contributed by atoms with E-state index in [-0.39, 0.29) is 23.9 Å². The summed E-state index contributed by atoms with van der Waals surface area (Å²) in [6.07, 6.45) is -10.6. The first-order valence-electron chi connectivity index (χ1n) is 6.97. The second-order valence-electron chi connectivity index (χ2n) is 5.31. The molecule has 0 aliphatic rings. The molecule has 2 rings (SSSR count). The van der Waals surface area contributed by atoms with E-state index in [9.17, 15) is 44.9 Å². The van der Waals surface area contributed by atoms with Crippen molar-refractivity contribution in [1.29, 1.82) is 0 Å². The minimum atomic E-state index is -5.29. The van der Waals surface area contributed by atoms with Gasteiger partial charge in [-0.05, 0) is 40.2 Å². The lowest BCUT2D eigenvalue weighted by Crippen LogP contribution is -2.16. The van der Waals surface area contributed by atoms with Crippen LogP contribution in [-0.4, -0.2) is 18.3 Å². The monoisotopic (exact) mass is 430 g/mol. The van der Waals surface area contributed by atoms with E-state index in [4.69, 9.17) is 0 Å². The fraction of sp³-hybridized carbons (Fsp3) is 0.214. The summed E-state index contributed by atoms with van der Waals surface area (Å²) in [6.45, 7) is 1.33. The van der Waals surface area contributed by atoms with Crippen LogP contribution in [0.4, 0.5) is 32.2 Å². The lowest BCUT2D eigenvalue weighted by Gasteiger charge is -2.14. The lowest BCUT2D eigenvalue weighted by atomic mass is 10.1. The maximum absolute atomic E-state index is 12.9. The highest BCUT2D eigenvalue weighted by atomic mass is 32.2. The third-order valence-electron chi connectivity index (χ3n) is 3.20. The van der Waals surface area contributed by atoms with E-state index in [2.05, 4.69) is 9.17 Å². The summed E-state index contributed by atoms with van der Waals surface area (Å²) in [5, 5.41) is 10.9. The fourth-order valence-corrected chi connectivity index (χ4v) is 2.97. The molecule has 1 aromatic heterocycles. The average molecular weight is 430 g/mol. The molecule has 0 saturated heterocycles. The highest BCUT2D eigenvalue weighted by Gasteiger charge is 2.39. The zero-order valence-corrected chi connectivity index (χ0v) is 14.3. The molecule has 0 aliphatic heterocycles. The van der Waals surface area contributed by atoms with Crippen molar-refractivity contribution >= 4 is 15.9 Å². The number of aromatic nitrogens is 1. The Bertz CT molecular complexity index is 1000. The molecular weight excluding hydrogens is 422 g/mol. The van der Waals surface area contributed by atoms with Crippen molar-refractivity contribution in [1.82, 2.24) is 4.98 Å². The zero-order chi connectivity index (χ0) is 21.5. The quantitative estimate of drug-likeness (QED) is 0.313. The molecule has 28 heavy (non-hydrogen) atoms. The van der Waals surface area contributed by atoms with Crippen LogP contribution < -0.4 is 4.18 Å². The van der Waals surface area contributed by atoms with Gasteiger partial charge in [-0.15, -0.1) is 0 Å². The lowest BCUT2D eigenvalue weighted by molar-refractivity contribution is -0.390. The third kappa shape index (κ3) is 4.68. The SMILES string of the molecule is Cc1ccc(OS(=O)(=O)c2cc(C(F)(F)F)cc(C(F)(F)F)c2)c([N+](=O)[O-])n1. The van der Waals surface area contributed by atoms with Gasteiger partial charge in [0.2, 0.25) is 5.75 Å². The van der Waals surface area contributed by atoms with Crippen molar-refractivity contribution in [2.75, 3.05) is 0 Å². The predicted molar refractivity (Wildman–Crippen MR) is 79.9 cm³/mol. The molecule has 0 N–H and O–H groups in total. The van der Waals surface area contributed by atoms with Crippen molar-refractivity contribution in [3.8, 4) is 5.75 Å². The Kier molecular flexibility index (Phi) is 5.29. The summed E-state index contributed by atoms with van der Waals surface area (Å²) in [6, 6.07) is 1.49. The number of alkyl halides is 6. The summed E-state index contributed by atoms with van der Waals surface area (Å²) >= 11 is 0. The highest BCUT2D eigenvalue weighted by molar-refractivity contribution is 7.87. The highest BCUT2D eigenvalue weighted by Crippen LogP contribution is 2.38. The fourth-order valence-electron chi connectivity index (χ4n) is 1.96. The Morgan fingerprint density at radius 1 is 1.00 bits per heavy atom. The van der Waals surface area contributed by atoms with Gasteiger partial charge in [-0.2, -0.15) is 34.8 Å². The molecule has 0 aliphatic carbocycles. The first-order valence-corrected chi connectivity index (χ1v) is 8.38. The van der Waals surface area contributed by atoms with Gasteiger partial charge < -0.3 is 14.3 Å². The minimum absolute atomic E-state index is 0.0714. The Morgan fingerprint density at radius 2 is 1.50 bits per heavy atom. The number of aryl methyl sites for hydroxylation is 1. The first kappa shape index (κ1) is 21.4. The van der Waals surface area contributed by atoms with Gasteiger partial charge >= 0.3 is 28.3 Å². The summed E-state index contributed by atoms with van der Waals surface area (Å²) in [5.41, 5.74) is -3.68. The molecule has 14 heteroatoms. The molecule has 0 bridgehead atoms. The second kappa shape index (κ2) is 6.92. The predicted octanol–water partition coefficient (Wildman–Crippen LogP) is 4.10. The van der Waals surface area contributed by atoms with Crippen molar-refractivity contribution in [3.05, 3.63) is 57.3 Å². The normalized spacial score (nSPS) is 12.7. The van der Waals surface area contributed by atoms with Crippen molar-refractivity contribution in [2.24, 2.45) is 0 Å². The first-order chi connectivity index (χ1) is 12.6. The number of rotatable bonds is 4. The van der Waals surface area contributed by atoms with Crippen molar-refractivity contribution in [3.63, 3.8) is 0 Å². The van der Waals surface area contributed by atoms with Gasteiger partial charge in [0, 0.05) is 6.92 Å². The van der Waals surface area contributed by atoms with Gasteiger partial charge in [0.05, 0.1) is 11.1 Å². The number of hydrogen-bond donors (Lipinski definition) is 0. The summed E-state index contributed by atoms with van der Waals surface area (Å²) in [4.78, 5) is 11.8. The van der Waals surface area contributed by atoms with Crippen LogP contribution in [0.15, 0.2) is 35.2 Å². The standard InChI is InChI=1S/C14H8F6N2O5S/c1-7-2-3-11(12(21-7)22(23)24)27-28(25,26)10-5-8(13(15,16)17)4-9(6-10)14(18,19)20/h2-6H,1H3. The van der Waals surface area contributed by atoms with Crippen LogP contribution in [0.3, 0.4) is 0 Å². The Hall–Kier alpha value is -2.90. The molecule has 1 aromatic carbocycles. The van der Waals surface area contributed by atoms with Gasteiger partial charge in [-0.25, -0.2) is 0 Å². The molecular formula is C14H8F6N2O5S. The third-order valence-corrected chi connectivity index (χ3v) is 4.41. The number of hydrogen-bond acceptors (Lipinski definition) is 6. The van der Waals surface area contributed by atoms with Crippen LogP contribution >= 0.6 is 0 Å². The topological polar surface area (TPSA) is 99.4 Å². The van der Waals surface area contributed by atoms with E-state index < -0.39 is 55.0 Å². The van der Waals surface area contributed by atoms with Crippen LogP contribution in [0, 0.1) is 17.0 Å². The summed E-state index contributed by atoms with van der Waals surface area (Å²) in [5.74, 6) is -2.05. The molecule has 0 fully saturated rings. The van der Waals surface area contributed by atoms with Crippen molar-refractivity contribution in [2.45, 2.75) is 24.2 Å². The van der Waals surface area contributed by atoms with Gasteiger partial charge in [-0.1, -0.05) is 0 Å². The van der Waals surface area contributed by atoms with E-state index in [0.717, 1.165) is 12.1 Å². The van der Waals surface area contributed by atoms with Gasteiger partial charge in [0.1, 0.15) is 10.6 Å². The zero-order valence-electron chi connectivity index (χ0n) is 13.5.